The number of amides is 1. The standard InChI is InChI=1S/C11H9BrN6O/c1-13-11(19)7-2-4-18(16-7)10-9-14-3-5-17(9)6-8(12)15-10/h2-6H,1H3,(H,13,19). The molecule has 96 valence electrons. The van der Waals surface area contributed by atoms with E-state index < -0.39 is 0 Å². The molecule has 0 bridgehead atoms. The van der Waals surface area contributed by atoms with Crippen molar-refractivity contribution in [1.29, 1.82) is 0 Å². The van der Waals surface area contributed by atoms with Gasteiger partial charge in [-0.1, -0.05) is 0 Å². The smallest absolute Gasteiger partial charge is 0.271 e. The predicted octanol–water partition coefficient (Wildman–Crippen LogP) is 1.04. The fourth-order valence-electron chi connectivity index (χ4n) is 1.73. The molecule has 0 radical (unpaired) electrons. The molecule has 3 aromatic rings. The topological polar surface area (TPSA) is 77.1 Å². The third-order valence-electron chi connectivity index (χ3n) is 2.59. The third kappa shape index (κ3) is 1.99. The van der Waals surface area contributed by atoms with E-state index in [0.717, 1.165) is 0 Å². The molecule has 1 N–H and O–H groups in total. The highest BCUT2D eigenvalue weighted by Gasteiger charge is 2.12. The van der Waals surface area contributed by atoms with Gasteiger partial charge in [-0.2, -0.15) is 5.10 Å². The van der Waals surface area contributed by atoms with Crippen molar-refractivity contribution in [1.82, 2.24) is 29.5 Å². The van der Waals surface area contributed by atoms with Crippen LogP contribution in [0.5, 0.6) is 0 Å². The summed E-state index contributed by atoms with van der Waals surface area (Å²) < 4.78 is 4.01. The minimum Gasteiger partial charge on any atom is -0.354 e. The summed E-state index contributed by atoms with van der Waals surface area (Å²) in [6.07, 6.45) is 6.97. The summed E-state index contributed by atoms with van der Waals surface area (Å²) in [6, 6.07) is 1.63. The minimum absolute atomic E-state index is 0.242. The molecule has 0 saturated carbocycles. The van der Waals surface area contributed by atoms with E-state index in [-0.39, 0.29) is 5.91 Å². The largest absolute Gasteiger partial charge is 0.354 e. The number of hydrogen-bond donors (Lipinski definition) is 1. The van der Waals surface area contributed by atoms with Crippen LogP contribution < -0.4 is 5.32 Å². The van der Waals surface area contributed by atoms with Crippen molar-refractivity contribution in [3.8, 4) is 5.82 Å². The molecule has 0 fully saturated rings. The second kappa shape index (κ2) is 4.47. The van der Waals surface area contributed by atoms with Crippen LogP contribution >= 0.6 is 15.9 Å². The number of halogens is 1. The number of fused-ring (bicyclic) bond motifs is 1. The lowest BCUT2D eigenvalue weighted by Gasteiger charge is -2.03. The molecule has 0 atom stereocenters. The number of nitrogens with zero attached hydrogens (tertiary/aromatic N) is 5. The van der Waals surface area contributed by atoms with Crippen LogP contribution in [0, 0.1) is 0 Å². The van der Waals surface area contributed by atoms with E-state index in [1.165, 1.54) is 4.68 Å². The number of hydrogen-bond acceptors (Lipinski definition) is 4. The van der Waals surface area contributed by atoms with E-state index in [0.29, 0.717) is 21.8 Å². The fraction of sp³-hybridized carbons (Fsp3) is 0.0909. The van der Waals surface area contributed by atoms with Crippen molar-refractivity contribution >= 4 is 27.5 Å². The average Bonchev–Trinajstić information content (AvgIpc) is 3.05. The van der Waals surface area contributed by atoms with E-state index in [1.807, 2.05) is 10.6 Å². The van der Waals surface area contributed by atoms with Crippen LogP contribution in [0.1, 0.15) is 10.5 Å². The van der Waals surface area contributed by atoms with Crippen LogP contribution in [0.4, 0.5) is 0 Å². The molecule has 8 heteroatoms. The Morgan fingerprint density at radius 1 is 1.42 bits per heavy atom. The van der Waals surface area contributed by atoms with Crippen LogP contribution in [0.2, 0.25) is 0 Å². The van der Waals surface area contributed by atoms with Crippen LogP contribution in [-0.4, -0.2) is 37.1 Å². The molecule has 19 heavy (non-hydrogen) atoms. The van der Waals surface area contributed by atoms with Crippen LogP contribution in [0.25, 0.3) is 11.5 Å². The van der Waals surface area contributed by atoms with Gasteiger partial charge >= 0.3 is 0 Å². The maximum atomic E-state index is 11.5. The number of imidazole rings is 1. The monoisotopic (exact) mass is 320 g/mol. The number of carbonyl (C=O) groups excluding carboxylic acids is 1. The van der Waals surface area contributed by atoms with Gasteiger partial charge in [0.1, 0.15) is 4.60 Å². The molecular formula is C11H9BrN6O. The Morgan fingerprint density at radius 3 is 3.05 bits per heavy atom. The summed E-state index contributed by atoms with van der Waals surface area (Å²) in [6.45, 7) is 0. The molecule has 7 nitrogen and oxygen atoms in total. The maximum absolute atomic E-state index is 11.5. The number of rotatable bonds is 2. The van der Waals surface area contributed by atoms with E-state index in [4.69, 9.17) is 0 Å². The first-order valence-electron chi connectivity index (χ1n) is 5.46. The average molecular weight is 321 g/mol. The summed E-state index contributed by atoms with van der Waals surface area (Å²) in [4.78, 5) is 20.1. The first-order chi connectivity index (χ1) is 9.19. The Morgan fingerprint density at radius 2 is 2.26 bits per heavy atom. The molecule has 0 spiro atoms. The van der Waals surface area contributed by atoms with Gasteiger partial charge in [0.05, 0.1) is 0 Å². The van der Waals surface area contributed by atoms with Crippen molar-refractivity contribution in [2.45, 2.75) is 0 Å². The lowest BCUT2D eigenvalue weighted by molar-refractivity contribution is 0.0957. The Balaban J connectivity index is 2.16. The van der Waals surface area contributed by atoms with Gasteiger partial charge < -0.3 is 9.72 Å². The van der Waals surface area contributed by atoms with Crippen molar-refractivity contribution in [2.24, 2.45) is 0 Å². The van der Waals surface area contributed by atoms with Gasteiger partial charge in [-0.3, -0.25) is 4.79 Å². The Labute approximate surface area is 116 Å². The van der Waals surface area contributed by atoms with Gasteiger partial charge in [-0.15, -0.1) is 0 Å². The molecule has 0 aliphatic carbocycles. The Bertz CT molecular complexity index is 761. The normalized spacial score (nSPS) is 10.8. The molecule has 1 amide bonds. The van der Waals surface area contributed by atoms with Crippen molar-refractivity contribution < 1.29 is 4.79 Å². The van der Waals surface area contributed by atoms with Gasteiger partial charge in [0, 0.05) is 31.8 Å². The highest BCUT2D eigenvalue weighted by Crippen LogP contribution is 2.16. The van der Waals surface area contributed by atoms with Crippen molar-refractivity contribution in [2.75, 3.05) is 7.05 Å². The van der Waals surface area contributed by atoms with Crippen LogP contribution in [0.15, 0.2) is 35.5 Å². The Kier molecular flexibility index (Phi) is 2.79. The predicted molar refractivity (Wildman–Crippen MR) is 71.2 cm³/mol. The highest BCUT2D eigenvalue weighted by molar-refractivity contribution is 9.10. The van der Waals surface area contributed by atoms with Crippen LogP contribution in [0.3, 0.4) is 0 Å². The summed E-state index contributed by atoms with van der Waals surface area (Å²) in [7, 11) is 1.56. The molecule has 0 aromatic carbocycles. The molecule has 3 heterocycles. The van der Waals surface area contributed by atoms with Crippen LogP contribution in [-0.2, 0) is 0 Å². The zero-order valence-electron chi connectivity index (χ0n) is 9.91. The Hall–Kier alpha value is -2.22. The van der Waals surface area contributed by atoms with E-state index in [1.54, 1.807) is 31.7 Å². The molecule has 0 aliphatic rings. The number of nitrogens with one attached hydrogen (secondary N) is 1. The SMILES string of the molecule is CNC(=O)c1ccn(-c2nc(Br)cn3ccnc23)n1. The van der Waals surface area contributed by atoms with Gasteiger partial charge in [0.15, 0.2) is 17.2 Å². The second-order valence-corrected chi connectivity index (χ2v) is 4.58. The lowest BCUT2D eigenvalue weighted by atomic mass is 10.4. The lowest BCUT2D eigenvalue weighted by Crippen LogP contribution is -2.18. The van der Waals surface area contributed by atoms with E-state index >= 15 is 0 Å². The maximum Gasteiger partial charge on any atom is 0.271 e. The highest BCUT2D eigenvalue weighted by atomic mass is 79.9. The fourth-order valence-corrected chi connectivity index (χ4v) is 2.12. The molecular weight excluding hydrogens is 312 g/mol. The second-order valence-electron chi connectivity index (χ2n) is 3.77. The number of aromatic nitrogens is 5. The van der Waals surface area contributed by atoms with E-state index in [2.05, 4.69) is 36.3 Å². The summed E-state index contributed by atoms with van der Waals surface area (Å²) >= 11 is 3.33. The molecule has 0 aliphatic heterocycles. The van der Waals surface area contributed by atoms with Crippen molar-refractivity contribution in [3.05, 3.63) is 41.2 Å². The summed E-state index contributed by atoms with van der Waals surface area (Å²) in [5, 5.41) is 6.71. The minimum atomic E-state index is -0.242. The summed E-state index contributed by atoms with van der Waals surface area (Å²) in [5.41, 5.74) is 0.990. The van der Waals surface area contributed by atoms with Crippen molar-refractivity contribution in [3.63, 3.8) is 0 Å². The molecule has 0 saturated heterocycles. The first kappa shape index (κ1) is 11.8. The van der Waals surface area contributed by atoms with Gasteiger partial charge in [0.2, 0.25) is 0 Å². The number of carbonyl (C=O) groups is 1. The molecule has 3 rings (SSSR count). The zero-order valence-corrected chi connectivity index (χ0v) is 11.5. The summed E-state index contributed by atoms with van der Waals surface area (Å²) in [5.74, 6) is 0.308. The quantitative estimate of drug-likeness (QED) is 0.765. The van der Waals surface area contributed by atoms with E-state index in [9.17, 15) is 4.79 Å². The third-order valence-corrected chi connectivity index (χ3v) is 2.97. The molecule has 3 aromatic heterocycles. The van der Waals surface area contributed by atoms with Gasteiger partial charge in [-0.05, 0) is 22.0 Å². The first-order valence-corrected chi connectivity index (χ1v) is 6.25. The van der Waals surface area contributed by atoms with Gasteiger partial charge in [-0.25, -0.2) is 14.6 Å². The van der Waals surface area contributed by atoms with Gasteiger partial charge in [0.25, 0.3) is 5.91 Å². The zero-order chi connectivity index (χ0) is 13.4. The molecule has 0 unspecified atom stereocenters.